The first-order valence-electron chi connectivity index (χ1n) is 12.9. The van der Waals surface area contributed by atoms with Gasteiger partial charge in [-0.2, -0.15) is 0 Å². The maximum absolute atomic E-state index is 13.2. The van der Waals surface area contributed by atoms with Crippen molar-refractivity contribution in [1.29, 1.82) is 0 Å². The van der Waals surface area contributed by atoms with Crippen LogP contribution in [0.4, 0.5) is 0 Å². The van der Waals surface area contributed by atoms with E-state index in [9.17, 15) is 9.59 Å². The van der Waals surface area contributed by atoms with Crippen molar-refractivity contribution in [3.05, 3.63) is 35.4 Å². The van der Waals surface area contributed by atoms with Crippen molar-refractivity contribution in [2.24, 2.45) is 0 Å². The number of carbonyl (C=O) groups excluding carboxylic acids is 2. The third kappa shape index (κ3) is 6.76. The maximum Gasteiger partial charge on any atom is 0.255 e. The SMILES string of the molecule is CCCCCCCCCCCC(=O)N1CCC2(CC1)SCCN2C(=O)c1cccc(C)c1. The van der Waals surface area contributed by atoms with Crippen molar-refractivity contribution in [2.45, 2.75) is 95.8 Å². The first kappa shape index (κ1) is 25.1. The molecule has 2 aliphatic rings. The van der Waals surface area contributed by atoms with E-state index in [-0.39, 0.29) is 10.8 Å². The number of amides is 2. The first-order chi connectivity index (χ1) is 15.6. The second-order valence-electron chi connectivity index (χ2n) is 9.58. The van der Waals surface area contributed by atoms with Gasteiger partial charge in [0.25, 0.3) is 5.91 Å². The number of hydrogen-bond acceptors (Lipinski definition) is 3. The van der Waals surface area contributed by atoms with Gasteiger partial charge in [0, 0.05) is 37.4 Å². The van der Waals surface area contributed by atoms with E-state index in [2.05, 4.69) is 11.8 Å². The largest absolute Gasteiger partial charge is 0.342 e. The van der Waals surface area contributed by atoms with Gasteiger partial charge in [-0.15, -0.1) is 11.8 Å². The van der Waals surface area contributed by atoms with Crippen LogP contribution in [0, 0.1) is 6.92 Å². The van der Waals surface area contributed by atoms with E-state index in [4.69, 9.17) is 0 Å². The van der Waals surface area contributed by atoms with E-state index in [1.807, 2.05) is 47.9 Å². The molecule has 2 amide bonds. The molecule has 32 heavy (non-hydrogen) atoms. The molecule has 2 heterocycles. The smallest absolute Gasteiger partial charge is 0.255 e. The Morgan fingerprint density at radius 2 is 1.59 bits per heavy atom. The number of carbonyl (C=O) groups is 2. The highest BCUT2D eigenvalue weighted by atomic mass is 32.2. The van der Waals surface area contributed by atoms with E-state index >= 15 is 0 Å². The van der Waals surface area contributed by atoms with Crippen LogP contribution in [-0.2, 0) is 4.79 Å². The van der Waals surface area contributed by atoms with Gasteiger partial charge in [-0.3, -0.25) is 9.59 Å². The van der Waals surface area contributed by atoms with Gasteiger partial charge in [0.05, 0.1) is 4.87 Å². The molecule has 0 bridgehead atoms. The van der Waals surface area contributed by atoms with Gasteiger partial charge in [0.1, 0.15) is 0 Å². The van der Waals surface area contributed by atoms with Crippen molar-refractivity contribution >= 4 is 23.6 Å². The van der Waals surface area contributed by atoms with Crippen molar-refractivity contribution in [3.63, 3.8) is 0 Å². The fourth-order valence-corrected chi connectivity index (χ4v) is 6.55. The minimum atomic E-state index is -0.130. The second-order valence-corrected chi connectivity index (χ2v) is 11.0. The molecule has 2 fully saturated rings. The molecule has 1 aromatic carbocycles. The molecule has 0 atom stereocenters. The molecule has 3 rings (SSSR count). The number of piperidine rings is 1. The summed E-state index contributed by atoms with van der Waals surface area (Å²) in [5.41, 5.74) is 1.91. The Bertz CT molecular complexity index is 743. The Kier molecular flexibility index (Phi) is 9.95. The fourth-order valence-electron chi connectivity index (χ4n) is 5.09. The van der Waals surface area contributed by atoms with E-state index in [1.54, 1.807) is 0 Å². The summed E-state index contributed by atoms with van der Waals surface area (Å²) >= 11 is 1.92. The number of likely N-dealkylation sites (tertiary alicyclic amines) is 1. The molecule has 4 nitrogen and oxygen atoms in total. The summed E-state index contributed by atoms with van der Waals surface area (Å²) in [5.74, 6) is 1.44. The highest BCUT2D eigenvalue weighted by molar-refractivity contribution is 8.00. The predicted molar refractivity (Wildman–Crippen MR) is 135 cm³/mol. The van der Waals surface area contributed by atoms with Crippen LogP contribution in [0.3, 0.4) is 0 Å². The van der Waals surface area contributed by atoms with Gasteiger partial charge in [0.2, 0.25) is 5.91 Å². The number of hydrogen-bond donors (Lipinski definition) is 0. The maximum atomic E-state index is 13.2. The molecule has 0 radical (unpaired) electrons. The molecule has 0 N–H and O–H groups in total. The third-order valence-corrected chi connectivity index (χ3v) is 8.63. The number of rotatable bonds is 11. The molecular weight excluding hydrogens is 416 g/mol. The zero-order valence-corrected chi connectivity index (χ0v) is 21.1. The van der Waals surface area contributed by atoms with E-state index in [0.717, 1.165) is 55.8 Å². The van der Waals surface area contributed by atoms with Crippen molar-refractivity contribution in [1.82, 2.24) is 9.80 Å². The Hall–Kier alpha value is -1.49. The van der Waals surface area contributed by atoms with Crippen LogP contribution in [0.5, 0.6) is 0 Å². The third-order valence-electron chi connectivity index (χ3n) is 7.08. The lowest BCUT2D eigenvalue weighted by Crippen LogP contribution is -2.53. The number of aryl methyl sites for hydroxylation is 1. The van der Waals surface area contributed by atoms with Crippen LogP contribution in [0.15, 0.2) is 24.3 Å². The van der Waals surface area contributed by atoms with Gasteiger partial charge in [0.15, 0.2) is 0 Å². The highest BCUT2D eigenvalue weighted by Crippen LogP contribution is 2.44. The molecule has 0 aliphatic carbocycles. The lowest BCUT2D eigenvalue weighted by molar-refractivity contribution is -0.132. The molecule has 178 valence electrons. The minimum absolute atomic E-state index is 0.130. The van der Waals surface area contributed by atoms with Gasteiger partial charge >= 0.3 is 0 Å². The zero-order chi connectivity index (χ0) is 22.8. The fraction of sp³-hybridized carbons (Fsp3) is 0.704. The number of nitrogens with zero attached hydrogens (tertiary/aromatic N) is 2. The normalized spacial score (nSPS) is 17.8. The standard InChI is InChI=1S/C27H42N2O2S/c1-3-4-5-6-7-8-9-10-11-15-25(30)28-18-16-27(17-19-28)29(20-21-32-27)26(31)24-14-12-13-23(2)22-24/h12-14,22H,3-11,15-21H2,1-2H3. The van der Waals surface area contributed by atoms with E-state index < -0.39 is 0 Å². The van der Waals surface area contributed by atoms with Crippen molar-refractivity contribution in [3.8, 4) is 0 Å². The summed E-state index contributed by atoms with van der Waals surface area (Å²) in [6, 6.07) is 7.91. The van der Waals surface area contributed by atoms with Crippen molar-refractivity contribution < 1.29 is 9.59 Å². The van der Waals surface area contributed by atoms with Crippen LogP contribution < -0.4 is 0 Å². The Labute approximate surface area is 199 Å². The Morgan fingerprint density at radius 3 is 2.25 bits per heavy atom. The van der Waals surface area contributed by atoms with Crippen molar-refractivity contribution in [2.75, 3.05) is 25.4 Å². The molecule has 1 aromatic rings. The molecule has 5 heteroatoms. The average molecular weight is 459 g/mol. The summed E-state index contributed by atoms with van der Waals surface area (Å²) in [6.45, 7) is 6.65. The number of benzene rings is 1. The summed E-state index contributed by atoms with van der Waals surface area (Å²) in [5, 5.41) is 0. The first-order valence-corrected chi connectivity index (χ1v) is 13.8. The van der Waals surface area contributed by atoms with E-state index in [0.29, 0.717) is 12.3 Å². The van der Waals surface area contributed by atoms with Crippen LogP contribution in [0.2, 0.25) is 0 Å². The molecule has 2 saturated heterocycles. The summed E-state index contributed by atoms with van der Waals surface area (Å²) < 4.78 is 0. The molecule has 1 spiro atoms. The minimum Gasteiger partial charge on any atom is -0.342 e. The highest BCUT2D eigenvalue weighted by Gasteiger charge is 2.46. The molecule has 0 saturated carbocycles. The zero-order valence-electron chi connectivity index (χ0n) is 20.2. The van der Waals surface area contributed by atoms with Gasteiger partial charge < -0.3 is 9.80 Å². The van der Waals surface area contributed by atoms with Gasteiger partial charge in [-0.05, 0) is 38.3 Å². The lowest BCUT2D eigenvalue weighted by Gasteiger charge is -2.44. The Morgan fingerprint density at radius 1 is 0.938 bits per heavy atom. The van der Waals surface area contributed by atoms with Crippen LogP contribution in [0.25, 0.3) is 0 Å². The Balaban J connectivity index is 1.39. The molecular formula is C27H42N2O2S. The lowest BCUT2D eigenvalue weighted by atomic mass is 10.00. The summed E-state index contributed by atoms with van der Waals surface area (Å²) in [7, 11) is 0. The van der Waals surface area contributed by atoms with Crippen LogP contribution in [-0.4, -0.2) is 51.9 Å². The number of unbranched alkanes of at least 4 members (excludes halogenated alkanes) is 8. The van der Waals surface area contributed by atoms with Gasteiger partial charge in [-0.1, -0.05) is 76.0 Å². The number of thioether (sulfide) groups is 1. The average Bonchev–Trinajstić information content (AvgIpc) is 3.20. The topological polar surface area (TPSA) is 40.6 Å². The van der Waals surface area contributed by atoms with E-state index in [1.165, 1.54) is 51.4 Å². The summed E-state index contributed by atoms with van der Waals surface area (Å²) in [6.07, 6.45) is 14.0. The molecule has 2 aliphatic heterocycles. The van der Waals surface area contributed by atoms with Crippen LogP contribution >= 0.6 is 11.8 Å². The molecule has 0 aromatic heterocycles. The second kappa shape index (κ2) is 12.7. The van der Waals surface area contributed by atoms with Crippen LogP contribution in [0.1, 0.15) is 99.9 Å². The summed E-state index contributed by atoms with van der Waals surface area (Å²) in [4.78, 5) is 30.0. The monoisotopic (exact) mass is 458 g/mol. The molecule has 0 unspecified atom stereocenters. The van der Waals surface area contributed by atoms with Gasteiger partial charge in [-0.25, -0.2) is 0 Å². The predicted octanol–water partition coefficient (Wildman–Crippen LogP) is 6.42. The quantitative estimate of drug-likeness (QED) is 0.359.